The van der Waals surface area contributed by atoms with Crippen LogP contribution in [0.5, 0.6) is 0 Å². The van der Waals surface area contributed by atoms with Crippen molar-refractivity contribution in [3.8, 4) is 0 Å². The van der Waals surface area contributed by atoms with Crippen LogP contribution in [0.25, 0.3) is 0 Å². The number of hydrogen-bond donors (Lipinski definition) is 0. The molecule has 1 aliphatic heterocycles. The van der Waals surface area contributed by atoms with Gasteiger partial charge in [0.25, 0.3) is 5.91 Å². The fourth-order valence-electron chi connectivity index (χ4n) is 4.43. The summed E-state index contributed by atoms with van der Waals surface area (Å²) in [6, 6.07) is 8.57. The summed E-state index contributed by atoms with van der Waals surface area (Å²) in [5.41, 5.74) is 1.97. The standard InChI is InChI=1S/C21H26N2OS2/c1-15-22-17(13-25-15)14-26-20-11-5-3-9-18(20)21(24)23-12-6-8-16-7-2-4-10-19(16)23/h3,5,9,11,13,16,19H,2,4,6-8,10,12,14H2,1H3. The number of fused-ring (bicyclic) bond motifs is 1. The van der Waals surface area contributed by atoms with E-state index in [-0.39, 0.29) is 5.91 Å². The molecule has 3 nitrogen and oxygen atoms in total. The number of carbonyl (C=O) groups excluding carboxylic acids is 1. The smallest absolute Gasteiger partial charge is 0.255 e. The lowest BCUT2D eigenvalue weighted by atomic mass is 9.78. The summed E-state index contributed by atoms with van der Waals surface area (Å²) in [5, 5.41) is 3.21. The molecule has 1 saturated heterocycles. The second-order valence-corrected chi connectivity index (χ2v) is 9.47. The molecule has 0 bridgehead atoms. The molecule has 4 rings (SSSR count). The van der Waals surface area contributed by atoms with E-state index in [9.17, 15) is 4.79 Å². The number of rotatable bonds is 4. The highest BCUT2D eigenvalue weighted by Gasteiger charge is 2.36. The van der Waals surface area contributed by atoms with Crippen molar-refractivity contribution in [1.82, 2.24) is 9.88 Å². The Labute approximate surface area is 164 Å². The zero-order valence-corrected chi connectivity index (χ0v) is 17.0. The second-order valence-electron chi connectivity index (χ2n) is 7.40. The van der Waals surface area contributed by atoms with Gasteiger partial charge in [0, 0.05) is 28.6 Å². The molecule has 0 N–H and O–H groups in total. The number of benzene rings is 1. The highest BCUT2D eigenvalue weighted by molar-refractivity contribution is 7.98. The lowest BCUT2D eigenvalue weighted by molar-refractivity contribution is 0.0387. The van der Waals surface area contributed by atoms with Gasteiger partial charge in [-0.1, -0.05) is 25.0 Å². The number of piperidine rings is 1. The SMILES string of the molecule is Cc1nc(CSc2ccccc2C(=O)N2CCCC3CCCCC32)cs1. The topological polar surface area (TPSA) is 33.2 Å². The fraction of sp³-hybridized carbons (Fsp3) is 0.524. The van der Waals surface area contributed by atoms with Gasteiger partial charge in [-0.3, -0.25) is 4.79 Å². The van der Waals surface area contributed by atoms with E-state index in [1.54, 1.807) is 23.1 Å². The third kappa shape index (κ3) is 3.84. The van der Waals surface area contributed by atoms with Crippen molar-refractivity contribution in [3.63, 3.8) is 0 Å². The fourth-order valence-corrected chi connectivity index (χ4v) is 6.08. The van der Waals surface area contributed by atoms with Gasteiger partial charge in [0.05, 0.1) is 16.3 Å². The summed E-state index contributed by atoms with van der Waals surface area (Å²) in [4.78, 5) is 21.2. The predicted molar refractivity (Wildman–Crippen MR) is 109 cm³/mol. The average Bonchev–Trinajstić information content (AvgIpc) is 3.11. The molecule has 2 atom stereocenters. The van der Waals surface area contributed by atoms with Gasteiger partial charge >= 0.3 is 0 Å². The minimum atomic E-state index is 0.235. The Morgan fingerprint density at radius 3 is 2.88 bits per heavy atom. The molecule has 138 valence electrons. The van der Waals surface area contributed by atoms with Crippen LogP contribution in [0.2, 0.25) is 0 Å². The number of thiazole rings is 1. The van der Waals surface area contributed by atoms with E-state index < -0.39 is 0 Å². The molecule has 1 aliphatic carbocycles. The Kier molecular flexibility index (Phi) is 5.65. The van der Waals surface area contributed by atoms with Crippen LogP contribution in [0.3, 0.4) is 0 Å². The van der Waals surface area contributed by atoms with E-state index in [1.807, 2.05) is 25.1 Å². The zero-order valence-electron chi connectivity index (χ0n) is 15.3. The number of aryl methyl sites for hydroxylation is 1. The van der Waals surface area contributed by atoms with Crippen molar-refractivity contribution in [2.24, 2.45) is 5.92 Å². The molecule has 2 fully saturated rings. The Morgan fingerprint density at radius 1 is 1.23 bits per heavy atom. The Bertz CT molecular complexity index is 771. The normalized spacial score (nSPS) is 22.9. The first-order chi connectivity index (χ1) is 12.7. The molecule has 26 heavy (non-hydrogen) atoms. The van der Waals surface area contributed by atoms with Crippen LogP contribution in [0.1, 0.15) is 59.6 Å². The van der Waals surface area contributed by atoms with Crippen molar-refractivity contribution in [2.75, 3.05) is 6.54 Å². The highest BCUT2D eigenvalue weighted by atomic mass is 32.2. The third-order valence-electron chi connectivity index (χ3n) is 5.66. The molecule has 2 aliphatic rings. The van der Waals surface area contributed by atoms with Crippen LogP contribution >= 0.6 is 23.1 Å². The predicted octanol–water partition coefficient (Wildman–Crippen LogP) is 5.54. The minimum absolute atomic E-state index is 0.235. The quantitative estimate of drug-likeness (QED) is 0.647. The first-order valence-corrected chi connectivity index (χ1v) is 11.5. The summed E-state index contributed by atoms with van der Waals surface area (Å²) in [5.74, 6) is 1.78. The van der Waals surface area contributed by atoms with Crippen molar-refractivity contribution in [3.05, 3.63) is 45.9 Å². The first-order valence-electron chi connectivity index (χ1n) is 9.66. The lowest BCUT2D eigenvalue weighted by Gasteiger charge is -2.44. The molecule has 1 amide bonds. The number of hydrogen-bond acceptors (Lipinski definition) is 4. The van der Waals surface area contributed by atoms with E-state index in [2.05, 4.69) is 21.3 Å². The summed E-state index contributed by atoms with van der Waals surface area (Å²) in [7, 11) is 0. The van der Waals surface area contributed by atoms with Gasteiger partial charge in [-0.25, -0.2) is 4.98 Å². The molecule has 1 aromatic carbocycles. The van der Waals surface area contributed by atoms with Crippen LogP contribution in [0, 0.1) is 12.8 Å². The Hall–Kier alpha value is -1.33. The number of amides is 1. The van der Waals surface area contributed by atoms with E-state index in [0.29, 0.717) is 6.04 Å². The molecule has 0 radical (unpaired) electrons. The van der Waals surface area contributed by atoms with Gasteiger partial charge in [-0.15, -0.1) is 23.1 Å². The van der Waals surface area contributed by atoms with E-state index in [0.717, 1.165) is 45.8 Å². The first kappa shape index (κ1) is 18.1. The van der Waals surface area contributed by atoms with Crippen LogP contribution in [-0.2, 0) is 5.75 Å². The van der Waals surface area contributed by atoms with E-state index >= 15 is 0 Å². The minimum Gasteiger partial charge on any atom is -0.335 e. The molecular formula is C21H26N2OS2. The van der Waals surface area contributed by atoms with Crippen molar-refractivity contribution >= 4 is 29.0 Å². The Balaban J connectivity index is 1.52. The van der Waals surface area contributed by atoms with Gasteiger partial charge in [0.1, 0.15) is 0 Å². The summed E-state index contributed by atoms with van der Waals surface area (Å²) < 4.78 is 0. The summed E-state index contributed by atoms with van der Waals surface area (Å²) >= 11 is 3.42. The number of nitrogens with zero attached hydrogens (tertiary/aromatic N) is 2. The van der Waals surface area contributed by atoms with Crippen LogP contribution in [-0.4, -0.2) is 28.4 Å². The van der Waals surface area contributed by atoms with E-state index in [1.165, 1.54) is 32.1 Å². The third-order valence-corrected chi connectivity index (χ3v) is 7.59. The average molecular weight is 387 g/mol. The number of carbonyl (C=O) groups is 1. The molecule has 1 saturated carbocycles. The lowest BCUT2D eigenvalue weighted by Crippen LogP contribution is -2.49. The summed E-state index contributed by atoms with van der Waals surface area (Å²) in [6.45, 7) is 2.96. The van der Waals surface area contributed by atoms with Gasteiger partial charge in [0.15, 0.2) is 0 Å². The Morgan fingerprint density at radius 2 is 2.04 bits per heavy atom. The summed E-state index contributed by atoms with van der Waals surface area (Å²) in [6.07, 6.45) is 7.54. The molecule has 2 aromatic rings. The number of thioether (sulfide) groups is 1. The van der Waals surface area contributed by atoms with Crippen molar-refractivity contribution in [2.45, 2.75) is 62.1 Å². The largest absolute Gasteiger partial charge is 0.335 e. The van der Waals surface area contributed by atoms with Gasteiger partial charge in [-0.2, -0.15) is 0 Å². The zero-order chi connectivity index (χ0) is 17.9. The molecule has 0 spiro atoms. The maximum Gasteiger partial charge on any atom is 0.255 e. The second kappa shape index (κ2) is 8.13. The maximum atomic E-state index is 13.4. The van der Waals surface area contributed by atoms with Gasteiger partial charge in [0.2, 0.25) is 0 Å². The van der Waals surface area contributed by atoms with Crippen LogP contribution < -0.4 is 0 Å². The van der Waals surface area contributed by atoms with Crippen LogP contribution in [0.4, 0.5) is 0 Å². The molecule has 2 heterocycles. The molecule has 2 unspecified atom stereocenters. The molecular weight excluding hydrogens is 360 g/mol. The highest BCUT2D eigenvalue weighted by Crippen LogP contribution is 2.37. The van der Waals surface area contributed by atoms with Crippen molar-refractivity contribution in [1.29, 1.82) is 0 Å². The van der Waals surface area contributed by atoms with Gasteiger partial charge in [-0.05, 0) is 50.7 Å². The van der Waals surface area contributed by atoms with Crippen LogP contribution in [0.15, 0.2) is 34.5 Å². The maximum absolute atomic E-state index is 13.4. The molecule has 5 heteroatoms. The monoisotopic (exact) mass is 386 g/mol. The number of aromatic nitrogens is 1. The van der Waals surface area contributed by atoms with E-state index in [4.69, 9.17) is 0 Å². The number of likely N-dealkylation sites (tertiary alicyclic amines) is 1. The van der Waals surface area contributed by atoms with Gasteiger partial charge < -0.3 is 4.90 Å². The van der Waals surface area contributed by atoms with Crippen molar-refractivity contribution < 1.29 is 4.79 Å². The molecule has 1 aromatic heterocycles.